The van der Waals surface area contributed by atoms with Gasteiger partial charge in [0, 0.05) is 23.5 Å². The molecule has 0 bridgehead atoms. The van der Waals surface area contributed by atoms with Crippen molar-refractivity contribution in [2.75, 3.05) is 20.0 Å². The van der Waals surface area contributed by atoms with Gasteiger partial charge >= 0.3 is 0 Å². The van der Waals surface area contributed by atoms with Crippen LogP contribution in [0.2, 0.25) is 0 Å². The normalized spacial score (nSPS) is 10.1. The number of rotatable bonds is 4. The fourth-order valence-corrected chi connectivity index (χ4v) is 2.58. The SMILES string of the molecule is COc1ccc(-c2cc(-c3ccncc3)c(C#N)c(N)n2)cc1OC. The first-order chi connectivity index (χ1) is 12.2. The van der Waals surface area contributed by atoms with E-state index in [0.717, 1.165) is 11.1 Å². The van der Waals surface area contributed by atoms with Crippen LogP contribution in [0, 0.1) is 11.3 Å². The highest BCUT2D eigenvalue weighted by Crippen LogP contribution is 2.35. The zero-order valence-corrected chi connectivity index (χ0v) is 13.9. The lowest BCUT2D eigenvalue weighted by Crippen LogP contribution is -2.00. The third-order valence-corrected chi connectivity index (χ3v) is 3.83. The van der Waals surface area contributed by atoms with E-state index in [4.69, 9.17) is 15.2 Å². The molecule has 1 aromatic carbocycles. The maximum Gasteiger partial charge on any atom is 0.161 e. The van der Waals surface area contributed by atoms with Gasteiger partial charge in [-0.1, -0.05) is 0 Å². The van der Waals surface area contributed by atoms with E-state index >= 15 is 0 Å². The molecular formula is C19H16N4O2. The van der Waals surface area contributed by atoms with Crippen molar-refractivity contribution in [1.29, 1.82) is 5.26 Å². The predicted molar refractivity (Wildman–Crippen MR) is 95.1 cm³/mol. The van der Waals surface area contributed by atoms with E-state index in [-0.39, 0.29) is 5.82 Å². The molecular weight excluding hydrogens is 316 g/mol. The highest BCUT2D eigenvalue weighted by Gasteiger charge is 2.14. The van der Waals surface area contributed by atoms with Crippen molar-refractivity contribution >= 4 is 5.82 Å². The summed E-state index contributed by atoms with van der Waals surface area (Å²) in [6, 6.07) is 13.1. The van der Waals surface area contributed by atoms with Gasteiger partial charge in [-0.15, -0.1) is 0 Å². The summed E-state index contributed by atoms with van der Waals surface area (Å²) < 4.78 is 10.6. The number of ether oxygens (including phenoxy) is 2. The van der Waals surface area contributed by atoms with Crippen molar-refractivity contribution in [2.45, 2.75) is 0 Å². The van der Waals surface area contributed by atoms with E-state index < -0.39 is 0 Å². The Kier molecular flexibility index (Phi) is 4.48. The summed E-state index contributed by atoms with van der Waals surface area (Å²) in [6.45, 7) is 0. The second-order valence-electron chi connectivity index (χ2n) is 5.23. The Morgan fingerprint density at radius 1 is 0.960 bits per heavy atom. The van der Waals surface area contributed by atoms with Gasteiger partial charge < -0.3 is 15.2 Å². The fourth-order valence-electron chi connectivity index (χ4n) is 2.58. The Labute approximate surface area is 145 Å². The van der Waals surface area contributed by atoms with Gasteiger partial charge in [0.1, 0.15) is 17.5 Å². The average Bonchev–Trinajstić information content (AvgIpc) is 2.67. The van der Waals surface area contributed by atoms with Crippen LogP contribution < -0.4 is 15.2 Å². The lowest BCUT2D eigenvalue weighted by molar-refractivity contribution is 0.355. The Hall–Kier alpha value is -3.59. The van der Waals surface area contributed by atoms with Crippen molar-refractivity contribution in [2.24, 2.45) is 0 Å². The fraction of sp³-hybridized carbons (Fsp3) is 0.105. The van der Waals surface area contributed by atoms with Crippen molar-refractivity contribution in [3.8, 4) is 40.0 Å². The molecule has 0 aliphatic rings. The molecule has 0 saturated carbocycles. The number of nitrogens with two attached hydrogens (primary N) is 1. The minimum atomic E-state index is 0.182. The largest absolute Gasteiger partial charge is 0.493 e. The number of nitrogens with zero attached hydrogens (tertiary/aromatic N) is 3. The summed E-state index contributed by atoms with van der Waals surface area (Å²) in [5.74, 6) is 1.40. The van der Waals surface area contributed by atoms with E-state index in [1.807, 2.05) is 30.3 Å². The van der Waals surface area contributed by atoms with E-state index in [2.05, 4.69) is 16.0 Å². The Balaban J connectivity index is 2.19. The Bertz CT molecular complexity index is 950. The number of hydrogen-bond acceptors (Lipinski definition) is 6. The lowest BCUT2D eigenvalue weighted by atomic mass is 9.99. The number of pyridine rings is 2. The van der Waals surface area contributed by atoms with E-state index in [0.29, 0.717) is 28.3 Å². The van der Waals surface area contributed by atoms with Crippen molar-refractivity contribution in [1.82, 2.24) is 9.97 Å². The molecule has 0 radical (unpaired) electrons. The summed E-state index contributed by atoms with van der Waals surface area (Å²) >= 11 is 0. The van der Waals surface area contributed by atoms with E-state index in [1.165, 1.54) is 0 Å². The van der Waals surface area contributed by atoms with Crippen LogP contribution in [0.25, 0.3) is 22.4 Å². The highest BCUT2D eigenvalue weighted by atomic mass is 16.5. The van der Waals surface area contributed by atoms with Crippen molar-refractivity contribution < 1.29 is 9.47 Å². The van der Waals surface area contributed by atoms with E-state index in [9.17, 15) is 5.26 Å². The van der Waals surface area contributed by atoms with Gasteiger partial charge in [0.2, 0.25) is 0 Å². The molecule has 0 unspecified atom stereocenters. The number of nitrogen functional groups attached to an aromatic ring is 1. The smallest absolute Gasteiger partial charge is 0.161 e. The first-order valence-electron chi connectivity index (χ1n) is 7.51. The van der Waals surface area contributed by atoms with Gasteiger partial charge in [-0.05, 0) is 42.0 Å². The molecule has 6 nitrogen and oxygen atoms in total. The lowest BCUT2D eigenvalue weighted by Gasteiger charge is -2.12. The zero-order valence-electron chi connectivity index (χ0n) is 13.9. The van der Waals surface area contributed by atoms with Crippen LogP contribution in [0.15, 0.2) is 48.8 Å². The minimum Gasteiger partial charge on any atom is -0.493 e. The first kappa shape index (κ1) is 16.3. The number of anilines is 1. The molecule has 0 fully saturated rings. The van der Waals surface area contributed by atoms with Crippen molar-refractivity contribution in [3.63, 3.8) is 0 Å². The number of nitriles is 1. The highest BCUT2D eigenvalue weighted by molar-refractivity contribution is 5.80. The molecule has 3 rings (SSSR count). The standard InChI is InChI=1S/C19H16N4O2/c1-24-17-4-3-13(9-18(17)25-2)16-10-14(12-5-7-22-8-6-12)15(11-20)19(21)23-16/h3-10H,1-2H3,(H2,21,23). The van der Waals surface area contributed by atoms with Gasteiger partial charge in [-0.3, -0.25) is 4.98 Å². The maximum absolute atomic E-state index is 9.45. The molecule has 0 aliphatic heterocycles. The van der Waals surface area contributed by atoms with E-state index in [1.54, 1.807) is 32.7 Å². The van der Waals surface area contributed by atoms with Gasteiger partial charge in [-0.2, -0.15) is 5.26 Å². The molecule has 0 aliphatic carbocycles. The minimum absolute atomic E-state index is 0.182. The molecule has 25 heavy (non-hydrogen) atoms. The number of hydrogen-bond donors (Lipinski definition) is 1. The third kappa shape index (κ3) is 3.08. The number of benzene rings is 1. The van der Waals surface area contributed by atoms with Crippen LogP contribution in [-0.4, -0.2) is 24.2 Å². The summed E-state index contributed by atoms with van der Waals surface area (Å²) in [5, 5.41) is 9.45. The van der Waals surface area contributed by atoms with Crippen LogP contribution >= 0.6 is 0 Å². The Morgan fingerprint density at radius 3 is 2.32 bits per heavy atom. The first-order valence-corrected chi connectivity index (χ1v) is 7.51. The molecule has 0 atom stereocenters. The summed E-state index contributed by atoms with van der Waals surface area (Å²) in [5.41, 5.74) is 9.38. The van der Waals surface area contributed by atoms with Crippen LogP contribution in [0.3, 0.4) is 0 Å². The molecule has 124 valence electrons. The second kappa shape index (κ2) is 6.89. The van der Waals surface area contributed by atoms with Crippen LogP contribution in [0.4, 0.5) is 5.82 Å². The van der Waals surface area contributed by atoms with Crippen molar-refractivity contribution in [3.05, 3.63) is 54.4 Å². The monoisotopic (exact) mass is 332 g/mol. The van der Waals surface area contributed by atoms with Gasteiger partial charge in [0.05, 0.1) is 19.9 Å². The Morgan fingerprint density at radius 2 is 1.68 bits per heavy atom. The number of methoxy groups -OCH3 is 2. The molecule has 0 amide bonds. The quantitative estimate of drug-likeness (QED) is 0.788. The van der Waals surface area contributed by atoms with Crippen LogP contribution in [0.5, 0.6) is 11.5 Å². The second-order valence-corrected chi connectivity index (χ2v) is 5.23. The molecule has 0 spiro atoms. The molecule has 3 aromatic rings. The third-order valence-electron chi connectivity index (χ3n) is 3.83. The average molecular weight is 332 g/mol. The summed E-state index contributed by atoms with van der Waals surface area (Å²) in [4.78, 5) is 8.39. The molecule has 2 heterocycles. The summed E-state index contributed by atoms with van der Waals surface area (Å²) in [6.07, 6.45) is 3.34. The number of aromatic nitrogens is 2. The predicted octanol–water partition coefficient (Wildman–Crippen LogP) is 3.28. The molecule has 2 N–H and O–H groups in total. The maximum atomic E-state index is 9.45. The zero-order chi connectivity index (χ0) is 17.8. The van der Waals surface area contributed by atoms with Crippen LogP contribution in [-0.2, 0) is 0 Å². The van der Waals surface area contributed by atoms with Crippen LogP contribution in [0.1, 0.15) is 5.56 Å². The topological polar surface area (TPSA) is 94.0 Å². The molecule has 6 heteroatoms. The van der Waals surface area contributed by atoms with Gasteiger partial charge in [0.25, 0.3) is 0 Å². The molecule has 2 aromatic heterocycles. The van der Waals surface area contributed by atoms with Gasteiger partial charge in [-0.25, -0.2) is 4.98 Å². The van der Waals surface area contributed by atoms with Gasteiger partial charge in [0.15, 0.2) is 11.5 Å². The molecule has 0 saturated heterocycles. The summed E-state index contributed by atoms with van der Waals surface area (Å²) in [7, 11) is 3.15.